The summed E-state index contributed by atoms with van der Waals surface area (Å²) in [6.45, 7) is 0. The second-order valence-electron chi connectivity index (χ2n) is 4.43. The van der Waals surface area contributed by atoms with Crippen molar-refractivity contribution in [1.82, 2.24) is 9.97 Å². The van der Waals surface area contributed by atoms with Crippen molar-refractivity contribution >= 4 is 17.4 Å². The Balaban J connectivity index is 2.10. The van der Waals surface area contributed by atoms with Crippen LogP contribution in [0.5, 0.6) is 0 Å². The van der Waals surface area contributed by atoms with Gasteiger partial charge in [0.1, 0.15) is 17.5 Å². The van der Waals surface area contributed by atoms with Crippen molar-refractivity contribution < 1.29 is 4.39 Å². The molecule has 1 saturated carbocycles. The first-order chi connectivity index (χ1) is 8.63. The minimum Gasteiger partial charge on any atom is -0.384 e. The van der Waals surface area contributed by atoms with Crippen LogP contribution < -0.4 is 5.73 Å². The SMILES string of the molecule is Nc1cc(-c2ccc(F)cc2Cl)nc(C2CC2)n1. The largest absolute Gasteiger partial charge is 0.384 e. The van der Waals surface area contributed by atoms with Crippen LogP contribution in [0.4, 0.5) is 10.2 Å². The van der Waals surface area contributed by atoms with Gasteiger partial charge in [-0.2, -0.15) is 0 Å². The highest BCUT2D eigenvalue weighted by Gasteiger charge is 2.27. The van der Waals surface area contributed by atoms with Gasteiger partial charge in [-0.3, -0.25) is 0 Å². The number of halogens is 2. The average molecular weight is 264 g/mol. The number of rotatable bonds is 2. The van der Waals surface area contributed by atoms with E-state index in [9.17, 15) is 4.39 Å². The highest BCUT2D eigenvalue weighted by molar-refractivity contribution is 6.33. The minimum atomic E-state index is -0.367. The van der Waals surface area contributed by atoms with Crippen LogP contribution in [0.3, 0.4) is 0 Å². The number of hydrogen-bond donors (Lipinski definition) is 1. The van der Waals surface area contributed by atoms with Crippen molar-refractivity contribution in [3.63, 3.8) is 0 Å². The van der Waals surface area contributed by atoms with E-state index in [0.717, 1.165) is 18.7 Å². The molecule has 1 aliphatic carbocycles. The maximum absolute atomic E-state index is 13.0. The van der Waals surface area contributed by atoms with E-state index in [1.165, 1.54) is 12.1 Å². The Bertz CT molecular complexity index is 611. The molecule has 1 aromatic carbocycles. The van der Waals surface area contributed by atoms with Crippen molar-refractivity contribution in [3.8, 4) is 11.3 Å². The van der Waals surface area contributed by atoms with E-state index < -0.39 is 0 Å². The van der Waals surface area contributed by atoms with E-state index >= 15 is 0 Å². The molecule has 1 aromatic heterocycles. The third kappa shape index (κ3) is 2.16. The molecule has 3 rings (SSSR count). The lowest BCUT2D eigenvalue weighted by atomic mass is 10.1. The van der Waals surface area contributed by atoms with Crippen molar-refractivity contribution in [1.29, 1.82) is 0 Å². The molecular formula is C13H11ClFN3. The monoisotopic (exact) mass is 263 g/mol. The van der Waals surface area contributed by atoms with Crippen LogP contribution in [0.25, 0.3) is 11.3 Å². The number of nitrogens with zero attached hydrogens (tertiary/aromatic N) is 2. The second-order valence-corrected chi connectivity index (χ2v) is 4.84. The summed E-state index contributed by atoms with van der Waals surface area (Å²) in [4.78, 5) is 8.68. The normalized spacial score (nSPS) is 14.8. The quantitative estimate of drug-likeness (QED) is 0.903. The molecule has 1 heterocycles. The van der Waals surface area contributed by atoms with Gasteiger partial charge in [0, 0.05) is 17.5 Å². The molecule has 18 heavy (non-hydrogen) atoms. The Kier molecular flexibility index (Phi) is 2.67. The number of hydrogen-bond acceptors (Lipinski definition) is 3. The lowest BCUT2D eigenvalue weighted by Crippen LogP contribution is -2.00. The number of anilines is 1. The first kappa shape index (κ1) is 11.4. The summed E-state index contributed by atoms with van der Waals surface area (Å²) in [6.07, 6.45) is 2.19. The number of benzene rings is 1. The Morgan fingerprint density at radius 1 is 1.22 bits per heavy atom. The molecule has 0 spiro atoms. The summed E-state index contributed by atoms with van der Waals surface area (Å²) in [5.74, 6) is 1.22. The molecule has 1 aliphatic rings. The number of nitrogens with two attached hydrogens (primary N) is 1. The van der Waals surface area contributed by atoms with Gasteiger partial charge in [0.25, 0.3) is 0 Å². The van der Waals surface area contributed by atoms with Crippen LogP contribution in [-0.4, -0.2) is 9.97 Å². The summed E-state index contributed by atoms with van der Waals surface area (Å²) >= 11 is 6.02. The predicted octanol–water partition coefficient (Wildman–Crippen LogP) is 3.40. The van der Waals surface area contributed by atoms with Gasteiger partial charge in [-0.05, 0) is 31.0 Å². The molecule has 3 nitrogen and oxygen atoms in total. The van der Waals surface area contributed by atoms with Gasteiger partial charge in [0.2, 0.25) is 0 Å². The fourth-order valence-corrected chi connectivity index (χ4v) is 2.11. The van der Waals surface area contributed by atoms with E-state index in [0.29, 0.717) is 28.0 Å². The van der Waals surface area contributed by atoms with Crippen molar-refractivity contribution in [2.75, 3.05) is 5.73 Å². The first-order valence-corrected chi connectivity index (χ1v) is 6.11. The molecule has 1 fully saturated rings. The highest BCUT2D eigenvalue weighted by atomic mass is 35.5. The maximum Gasteiger partial charge on any atom is 0.134 e. The van der Waals surface area contributed by atoms with E-state index in [2.05, 4.69) is 9.97 Å². The smallest absolute Gasteiger partial charge is 0.134 e. The topological polar surface area (TPSA) is 51.8 Å². The van der Waals surface area contributed by atoms with E-state index in [1.807, 2.05) is 0 Å². The average Bonchev–Trinajstić information content (AvgIpc) is 3.11. The molecule has 5 heteroatoms. The molecule has 92 valence electrons. The lowest BCUT2D eigenvalue weighted by molar-refractivity contribution is 0.628. The Morgan fingerprint density at radius 3 is 2.67 bits per heavy atom. The van der Waals surface area contributed by atoms with Crippen LogP contribution in [-0.2, 0) is 0 Å². The Labute approximate surface area is 109 Å². The lowest BCUT2D eigenvalue weighted by Gasteiger charge is -2.07. The zero-order chi connectivity index (χ0) is 12.7. The van der Waals surface area contributed by atoms with Crippen molar-refractivity contribution in [2.45, 2.75) is 18.8 Å². The standard InChI is InChI=1S/C13H11ClFN3/c14-10-5-8(15)3-4-9(10)11-6-12(16)18-13(17-11)7-1-2-7/h3-7H,1-2H2,(H2,16,17,18). The van der Waals surface area contributed by atoms with Gasteiger partial charge >= 0.3 is 0 Å². The van der Waals surface area contributed by atoms with Crippen molar-refractivity contribution in [3.05, 3.63) is 40.9 Å². The van der Waals surface area contributed by atoms with E-state index in [4.69, 9.17) is 17.3 Å². The summed E-state index contributed by atoms with van der Waals surface area (Å²) in [5, 5.41) is 0.329. The van der Waals surface area contributed by atoms with Crippen molar-refractivity contribution in [2.24, 2.45) is 0 Å². The Morgan fingerprint density at radius 2 is 2.00 bits per heavy atom. The zero-order valence-electron chi connectivity index (χ0n) is 9.53. The molecule has 0 aliphatic heterocycles. The van der Waals surface area contributed by atoms with Crippen LogP contribution >= 0.6 is 11.6 Å². The summed E-state index contributed by atoms with van der Waals surface area (Å²) in [5.41, 5.74) is 7.10. The molecule has 0 bridgehead atoms. The molecule has 0 saturated heterocycles. The summed E-state index contributed by atoms with van der Waals surface area (Å²) in [7, 11) is 0. The highest BCUT2D eigenvalue weighted by Crippen LogP contribution is 2.39. The third-order valence-corrected chi connectivity index (χ3v) is 3.23. The zero-order valence-corrected chi connectivity index (χ0v) is 10.3. The first-order valence-electron chi connectivity index (χ1n) is 5.73. The minimum absolute atomic E-state index is 0.329. The molecule has 2 aromatic rings. The number of aromatic nitrogens is 2. The van der Waals surface area contributed by atoms with Gasteiger partial charge in [0.15, 0.2) is 0 Å². The second kappa shape index (κ2) is 4.21. The van der Waals surface area contributed by atoms with E-state index in [-0.39, 0.29) is 5.82 Å². The molecule has 0 radical (unpaired) electrons. The Hall–Kier alpha value is -1.68. The van der Waals surface area contributed by atoms with Crippen LogP contribution in [0.1, 0.15) is 24.6 Å². The van der Waals surface area contributed by atoms with Crippen LogP contribution in [0.2, 0.25) is 5.02 Å². The summed E-state index contributed by atoms with van der Waals surface area (Å²) < 4.78 is 13.0. The van der Waals surface area contributed by atoms with E-state index in [1.54, 1.807) is 12.1 Å². The van der Waals surface area contributed by atoms with Gasteiger partial charge < -0.3 is 5.73 Å². The number of nitrogen functional groups attached to an aromatic ring is 1. The van der Waals surface area contributed by atoms with Crippen LogP contribution in [0, 0.1) is 5.82 Å². The predicted molar refractivity (Wildman–Crippen MR) is 68.8 cm³/mol. The molecule has 2 N–H and O–H groups in total. The van der Waals surface area contributed by atoms with Gasteiger partial charge in [-0.15, -0.1) is 0 Å². The molecule has 0 unspecified atom stereocenters. The maximum atomic E-state index is 13.0. The molecular weight excluding hydrogens is 253 g/mol. The van der Waals surface area contributed by atoms with Crippen LogP contribution in [0.15, 0.2) is 24.3 Å². The third-order valence-electron chi connectivity index (χ3n) is 2.91. The van der Waals surface area contributed by atoms with Gasteiger partial charge in [0.05, 0.1) is 10.7 Å². The fourth-order valence-electron chi connectivity index (χ4n) is 1.84. The fraction of sp³-hybridized carbons (Fsp3) is 0.231. The summed E-state index contributed by atoms with van der Waals surface area (Å²) in [6, 6.07) is 5.89. The van der Waals surface area contributed by atoms with Gasteiger partial charge in [-0.1, -0.05) is 11.6 Å². The van der Waals surface area contributed by atoms with Gasteiger partial charge in [-0.25, -0.2) is 14.4 Å². The molecule has 0 atom stereocenters. The molecule has 0 amide bonds.